The Morgan fingerprint density at radius 1 is 1.26 bits per heavy atom. The van der Waals surface area contributed by atoms with E-state index in [0.717, 1.165) is 16.2 Å². The van der Waals surface area contributed by atoms with E-state index < -0.39 is 10.0 Å². The van der Waals surface area contributed by atoms with Crippen LogP contribution in [0.2, 0.25) is 0 Å². The molecule has 2 N–H and O–H groups in total. The zero-order valence-electron chi connectivity index (χ0n) is 14.3. The number of likely N-dealkylation sites (tertiary alicyclic amines) is 1. The summed E-state index contributed by atoms with van der Waals surface area (Å²) in [5.74, 6) is 0.690. The number of benzene rings is 1. The van der Waals surface area contributed by atoms with Crippen LogP contribution in [0, 0.1) is 6.92 Å². The average Bonchev–Trinajstić information content (AvgIpc) is 3.22. The molecule has 4 rings (SSSR count). The molecule has 0 unspecified atom stereocenters. The molecule has 0 spiro atoms. The number of carbonyl (C=O) groups excluding carboxylic acids is 1. The van der Waals surface area contributed by atoms with Crippen molar-refractivity contribution in [2.75, 3.05) is 6.54 Å². The lowest BCUT2D eigenvalue weighted by atomic mass is 10.0. The fourth-order valence-corrected chi connectivity index (χ4v) is 4.17. The van der Waals surface area contributed by atoms with Gasteiger partial charge in [-0.15, -0.1) is 11.3 Å². The average molecular weight is 404 g/mol. The number of aryl methyl sites for hydroxylation is 1. The van der Waals surface area contributed by atoms with Crippen LogP contribution in [0.15, 0.2) is 45.8 Å². The summed E-state index contributed by atoms with van der Waals surface area (Å²) in [5.41, 5.74) is 0.376. The molecule has 0 radical (unpaired) electrons. The van der Waals surface area contributed by atoms with Gasteiger partial charge in [0.1, 0.15) is 6.04 Å². The molecule has 1 saturated heterocycles. The Kier molecular flexibility index (Phi) is 4.33. The maximum atomic E-state index is 12.7. The molecule has 3 heterocycles. The largest absolute Gasteiger partial charge is 0.337 e. The number of thiophene rings is 1. The second kappa shape index (κ2) is 6.55. The first-order valence-electron chi connectivity index (χ1n) is 8.17. The maximum absolute atomic E-state index is 12.7. The Hall–Kier alpha value is -2.56. The van der Waals surface area contributed by atoms with Crippen molar-refractivity contribution < 1.29 is 17.7 Å². The van der Waals surface area contributed by atoms with Crippen molar-refractivity contribution in [1.29, 1.82) is 0 Å². The zero-order valence-corrected chi connectivity index (χ0v) is 16.0. The van der Waals surface area contributed by atoms with Crippen molar-refractivity contribution in [3.63, 3.8) is 0 Å². The zero-order chi connectivity index (χ0) is 19.2. The SMILES string of the molecule is Cc1ccc(-c2noc([C@H]3CCN3C(=O)c3ccc(S(N)(=O)=O)cc3)n2)s1. The van der Waals surface area contributed by atoms with E-state index in [-0.39, 0.29) is 16.8 Å². The molecule has 0 bridgehead atoms. The Morgan fingerprint density at radius 2 is 2.00 bits per heavy atom. The van der Waals surface area contributed by atoms with Gasteiger partial charge in [-0.3, -0.25) is 4.79 Å². The third kappa shape index (κ3) is 3.38. The first-order chi connectivity index (χ1) is 12.8. The Labute approximate surface area is 159 Å². The smallest absolute Gasteiger partial charge is 0.254 e. The lowest BCUT2D eigenvalue weighted by Gasteiger charge is -2.38. The topological polar surface area (TPSA) is 119 Å². The number of amides is 1. The van der Waals surface area contributed by atoms with Gasteiger partial charge in [0.2, 0.25) is 21.7 Å². The fraction of sp³-hybridized carbons (Fsp3) is 0.235. The van der Waals surface area contributed by atoms with E-state index in [1.807, 2.05) is 19.1 Å². The normalized spacial score (nSPS) is 17.0. The van der Waals surface area contributed by atoms with Gasteiger partial charge >= 0.3 is 0 Å². The van der Waals surface area contributed by atoms with Crippen molar-refractivity contribution in [3.05, 3.63) is 52.7 Å². The molecule has 1 aliphatic rings. The number of nitrogens with two attached hydrogens (primary N) is 1. The van der Waals surface area contributed by atoms with Crippen LogP contribution in [-0.2, 0) is 10.0 Å². The summed E-state index contributed by atoms with van der Waals surface area (Å²) in [6.45, 7) is 2.57. The van der Waals surface area contributed by atoms with Crippen molar-refractivity contribution in [2.24, 2.45) is 5.14 Å². The molecule has 1 amide bonds. The third-order valence-electron chi connectivity index (χ3n) is 4.40. The molecule has 27 heavy (non-hydrogen) atoms. The standard InChI is InChI=1S/C17H16N4O4S2/c1-10-2-7-14(26-10)15-19-16(25-20-15)13-8-9-21(13)17(22)11-3-5-12(6-4-11)27(18,23)24/h2-7,13H,8-9H2,1H3,(H2,18,23,24)/t13-/m1/s1. The lowest BCUT2D eigenvalue weighted by Crippen LogP contribution is -2.45. The highest BCUT2D eigenvalue weighted by Gasteiger charge is 2.38. The lowest BCUT2D eigenvalue weighted by molar-refractivity contribution is 0.0378. The number of primary sulfonamides is 1. The molecule has 10 heteroatoms. The minimum absolute atomic E-state index is 0.0352. The van der Waals surface area contributed by atoms with Gasteiger partial charge in [0, 0.05) is 17.0 Å². The van der Waals surface area contributed by atoms with E-state index in [2.05, 4.69) is 10.1 Å². The number of hydrogen-bond donors (Lipinski definition) is 1. The first-order valence-corrected chi connectivity index (χ1v) is 10.5. The summed E-state index contributed by atoms with van der Waals surface area (Å²) in [4.78, 5) is 20.8. The van der Waals surface area contributed by atoms with Crippen LogP contribution >= 0.6 is 11.3 Å². The quantitative estimate of drug-likeness (QED) is 0.713. The van der Waals surface area contributed by atoms with Gasteiger partial charge in [0.25, 0.3) is 5.91 Å². The number of hydrogen-bond acceptors (Lipinski definition) is 7. The predicted octanol–water partition coefficient (Wildman–Crippen LogP) is 2.34. The molecule has 1 aliphatic heterocycles. The summed E-state index contributed by atoms with van der Waals surface area (Å²) in [6.07, 6.45) is 0.728. The van der Waals surface area contributed by atoms with Gasteiger partial charge < -0.3 is 9.42 Å². The van der Waals surface area contributed by atoms with Crippen LogP contribution in [0.5, 0.6) is 0 Å². The first kappa shape index (κ1) is 17.8. The van der Waals surface area contributed by atoms with Gasteiger partial charge in [-0.25, -0.2) is 13.6 Å². The minimum Gasteiger partial charge on any atom is -0.337 e. The third-order valence-corrected chi connectivity index (χ3v) is 6.32. The van der Waals surface area contributed by atoms with Crippen LogP contribution in [0.3, 0.4) is 0 Å². The molecular formula is C17H16N4O4S2. The summed E-state index contributed by atoms with van der Waals surface area (Å²) in [7, 11) is -3.79. The molecular weight excluding hydrogens is 388 g/mol. The Morgan fingerprint density at radius 3 is 2.56 bits per heavy atom. The number of aromatic nitrogens is 2. The van der Waals surface area contributed by atoms with Gasteiger partial charge in [0.15, 0.2) is 0 Å². The van der Waals surface area contributed by atoms with Crippen LogP contribution in [0.4, 0.5) is 0 Å². The monoisotopic (exact) mass is 404 g/mol. The second-order valence-corrected chi connectivity index (χ2v) is 9.09. The molecule has 1 fully saturated rings. The molecule has 3 aromatic rings. The van der Waals surface area contributed by atoms with Crippen LogP contribution < -0.4 is 5.14 Å². The Bertz CT molecular complexity index is 1100. The molecule has 1 aromatic carbocycles. The molecule has 1 atom stereocenters. The number of sulfonamides is 1. The van der Waals surface area contributed by atoms with E-state index in [4.69, 9.17) is 9.66 Å². The molecule has 140 valence electrons. The number of carbonyl (C=O) groups is 1. The van der Waals surface area contributed by atoms with Crippen molar-refractivity contribution in [2.45, 2.75) is 24.3 Å². The second-order valence-electron chi connectivity index (χ2n) is 6.24. The summed E-state index contributed by atoms with van der Waals surface area (Å²) in [5, 5.41) is 9.09. The van der Waals surface area contributed by atoms with Crippen molar-refractivity contribution in [1.82, 2.24) is 15.0 Å². The van der Waals surface area contributed by atoms with E-state index >= 15 is 0 Å². The van der Waals surface area contributed by atoms with Gasteiger partial charge in [-0.2, -0.15) is 4.98 Å². The van der Waals surface area contributed by atoms with Gasteiger partial charge in [-0.05, 0) is 49.7 Å². The minimum atomic E-state index is -3.79. The van der Waals surface area contributed by atoms with Crippen molar-refractivity contribution in [3.8, 4) is 10.7 Å². The van der Waals surface area contributed by atoms with E-state index in [1.165, 1.54) is 24.3 Å². The predicted molar refractivity (Wildman–Crippen MR) is 98.6 cm³/mol. The maximum Gasteiger partial charge on any atom is 0.254 e. The fourth-order valence-electron chi connectivity index (χ4n) is 2.87. The molecule has 8 nitrogen and oxygen atoms in total. The van der Waals surface area contributed by atoms with Gasteiger partial charge in [-0.1, -0.05) is 5.16 Å². The van der Waals surface area contributed by atoms with E-state index in [0.29, 0.717) is 23.8 Å². The highest BCUT2D eigenvalue weighted by Crippen LogP contribution is 2.35. The summed E-state index contributed by atoms with van der Waals surface area (Å²) in [6, 6.07) is 9.18. The van der Waals surface area contributed by atoms with E-state index in [1.54, 1.807) is 16.2 Å². The molecule has 0 saturated carbocycles. The van der Waals surface area contributed by atoms with Crippen molar-refractivity contribution >= 4 is 27.3 Å². The highest BCUT2D eigenvalue weighted by atomic mass is 32.2. The van der Waals surface area contributed by atoms with Crippen LogP contribution in [0.1, 0.15) is 33.6 Å². The Balaban J connectivity index is 1.52. The van der Waals surface area contributed by atoms with Crippen LogP contribution in [0.25, 0.3) is 10.7 Å². The summed E-state index contributed by atoms with van der Waals surface area (Å²) >= 11 is 1.57. The molecule has 0 aliphatic carbocycles. The number of nitrogens with zero attached hydrogens (tertiary/aromatic N) is 3. The molecule has 2 aromatic heterocycles. The van der Waals surface area contributed by atoms with Crippen LogP contribution in [-0.4, -0.2) is 35.9 Å². The number of rotatable bonds is 4. The highest BCUT2D eigenvalue weighted by molar-refractivity contribution is 7.89. The summed E-state index contributed by atoms with van der Waals surface area (Å²) < 4.78 is 28.0. The van der Waals surface area contributed by atoms with E-state index in [9.17, 15) is 13.2 Å². The van der Waals surface area contributed by atoms with Gasteiger partial charge in [0.05, 0.1) is 9.77 Å².